The number of nitrogens with zero attached hydrogens (tertiary/aromatic N) is 3. The Bertz CT molecular complexity index is 1030. The highest BCUT2D eigenvalue weighted by molar-refractivity contribution is 7.89. The summed E-state index contributed by atoms with van der Waals surface area (Å²) in [7, 11) is -0.565. The molecule has 0 aliphatic carbocycles. The molecule has 0 aliphatic rings. The first-order chi connectivity index (χ1) is 15.2. The average Bonchev–Trinajstić information content (AvgIpc) is 3.04. The first kappa shape index (κ1) is 25.7. The molecular formula is C22H34N4O5S. The van der Waals surface area contributed by atoms with Gasteiger partial charge in [0.2, 0.25) is 15.9 Å². The van der Waals surface area contributed by atoms with Crippen molar-refractivity contribution < 1.29 is 22.7 Å². The molecule has 2 rings (SSSR count). The van der Waals surface area contributed by atoms with E-state index in [0.29, 0.717) is 42.5 Å². The van der Waals surface area contributed by atoms with Gasteiger partial charge in [0.1, 0.15) is 11.4 Å². The lowest BCUT2D eigenvalue weighted by molar-refractivity contribution is -0.122. The average molecular weight is 467 g/mol. The van der Waals surface area contributed by atoms with Crippen LogP contribution in [-0.4, -0.2) is 55.7 Å². The van der Waals surface area contributed by atoms with Crippen molar-refractivity contribution in [3.63, 3.8) is 0 Å². The molecule has 0 saturated carbocycles. The Morgan fingerprint density at radius 2 is 1.72 bits per heavy atom. The van der Waals surface area contributed by atoms with Gasteiger partial charge in [0.25, 0.3) is 0 Å². The molecule has 0 bridgehead atoms. The molecule has 1 aromatic carbocycles. The van der Waals surface area contributed by atoms with Crippen LogP contribution in [0.3, 0.4) is 0 Å². The standard InChI is InChI=1S/C22H34N4O5S/c1-7-11-25(12-8-2)32(28,29)22-16(3)24-26(17(22)4)15-21(27)23-14-18-9-10-19(30-5)20(13-18)31-6/h9-10,13H,7-8,11-12,14-15H2,1-6H3,(H,23,27). The number of benzene rings is 1. The number of aromatic nitrogens is 2. The molecule has 1 aromatic heterocycles. The van der Waals surface area contributed by atoms with Crippen molar-refractivity contribution in [3.05, 3.63) is 35.2 Å². The van der Waals surface area contributed by atoms with Gasteiger partial charge >= 0.3 is 0 Å². The third kappa shape index (κ3) is 5.80. The van der Waals surface area contributed by atoms with E-state index in [-0.39, 0.29) is 17.3 Å². The Morgan fingerprint density at radius 1 is 1.09 bits per heavy atom. The Hall–Kier alpha value is -2.59. The minimum Gasteiger partial charge on any atom is -0.493 e. The van der Waals surface area contributed by atoms with E-state index in [1.165, 1.54) is 8.99 Å². The number of rotatable bonds is 12. The molecule has 0 spiro atoms. The fraction of sp³-hybridized carbons (Fsp3) is 0.545. The lowest BCUT2D eigenvalue weighted by atomic mass is 10.2. The highest BCUT2D eigenvalue weighted by Gasteiger charge is 2.30. The van der Waals surface area contributed by atoms with E-state index in [0.717, 1.165) is 18.4 Å². The van der Waals surface area contributed by atoms with Crippen molar-refractivity contribution in [2.75, 3.05) is 27.3 Å². The van der Waals surface area contributed by atoms with Crippen LogP contribution in [0.2, 0.25) is 0 Å². The predicted molar refractivity (Wildman–Crippen MR) is 122 cm³/mol. The van der Waals surface area contributed by atoms with Gasteiger partial charge in [0.05, 0.1) is 25.6 Å². The normalized spacial score (nSPS) is 11.6. The number of aryl methyl sites for hydroxylation is 1. The molecule has 0 fully saturated rings. The summed E-state index contributed by atoms with van der Waals surface area (Å²) in [6, 6.07) is 5.41. The number of nitrogens with one attached hydrogen (secondary N) is 1. The number of hydrogen-bond acceptors (Lipinski definition) is 6. The monoisotopic (exact) mass is 466 g/mol. The van der Waals surface area contributed by atoms with E-state index in [4.69, 9.17) is 9.47 Å². The molecule has 0 aliphatic heterocycles. The summed E-state index contributed by atoms with van der Waals surface area (Å²) in [5.74, 6) is 0.920. The number of ether oxygens (including phenoxy) is 2. The number of carbonyl (C=O) groups excluding carboxylic acids is 1. The van der Waals surface area contributed by atoms with Crippen LogP contribution in [0, 0.1) is 13.8 Å². The molecule has 32 heavy (non-hydrogen) atoms. The fourth-order valence-electron chi connectivity index (χ4n) is 3.57. The van der Waals surface area contributed by atoms with Crippen molar-refractivity contribution in [1.29, 1.82) is 0 Å². The van der Waals surface area contributed by atoms with E-state index in [9.17, 15) is 13.2 Å². The van der Waals surface area contributed by atoms with Crippen molar-refractivity contribution in [3.8, 4) is 11.5 Å². The second-order valence-corrected chi connectivity index (χ2v) is 9.40. The van der Waals surface area contributed by atoms with E-state index in [2.05, 4.69) is 10.4 Å². The number of methoxy groups -OCH3 is 2. The minimum absolute atomic E-state index is 0.0724. The largest absolute Gasteiger partial charge is 0.493 e. The van der Waals surface area contributed by atoms with Crippen molar-refractivity contribution in [1.82, 2.24) is 19.4 Å². The van der Waals surface area contributed by atoms with Crippen LogP contribution in [0.25, 0.3) is 0 Å². The molecule has 1 amide bonds. The maximum absolute atomic E-state index is 13.2. The molecule has 10 heteroatoms. The predicted octanol–water partition coefficient (Wildman–Crippen LogP) is 2.64. The molecule has 0 unspecified atom stereocenters. The summed E-state index contributed by atoms with van der Waals surface area (Å²) in [6.07, 6.45) is 1.45. The van der Waals surface area contributed by atoms with Crippen LogP contribution >= 0.6 is 0 Å². The molecule has 2 aromatic rings. The Morgan fingerprint density at radius 3 is 2.28 bits per heavy atom. The van der Waals surface area contributed by atoms with Gasteiger partial charge in [0.15, 0.2) is 11.5 Å². The number of sulfonamides is 1. The first-order valence-electron chi connectivity index (χ1n) is 10.7. The van der Waals surface area contributed by atoms with Crippen molar-refractivity contribution in [2.24, 2.45) is 0 Å². The molecule has 178 valence electrons. The molecule has 0 radical (unpaired) electrons. The highest BCUT2D eigenvalue weighted by Crippen LogP contribution is 2.27. The van der Waals surface area contributed by atoms with Crippen molar-refractivity contribution >= 4 is 15.9 Å². The number of amides is 1. The first-order valence-corrected chi connectivity index (χ1v) is 12.1. The summed E-state index contributed by atoms with van der Waals surface area (Å²) in [6.45, 7) is 8.37. The van der Waals surface area contributed by atoms with E-state index < -0.39 is 10.0 Å². The summed E-state index contributed by atoms with van der Waals surface area (Å²) in [4.78, 5) is 12.7. The zero-order chi connectivity index (χ0) is 23.9. The molecule has 0 atom stereocenters. The Kier molecular flexibility index (Phi) is 9.09. The maximum Gasteiger partial charge on any atom is 0.246 e. The third-order valence-electron chi connectivity index (χ3n) is 5.09. The molecule has 1 N–H and O–H groups in total. The number of hydrogen-bond donors (Lipinski definition) is 1. The van der Waals surface area contributed by atoms with Gasteiger partial charge in [0, 0.05) is 19.6 Å². The molecule has 0 saturated heterocycles. The Labute approximate surface area is 190 Å². The molecular weight excluding hydrogens is 432 g/mol. The van der Waals surface area contributed by atoms with Gasteiger partial charge in [-0.3, -0.25) is 9.48 Å². The van der Waals surface area contributed by atoms with Crippen LogP contribution in [0.15, 0.2) is 23.1 Å². The van der Waals surface area contributed by atoms with Gasteiger partial charge in [-0.2, -0.15) is 9.40 Å². The minimum atomic E-state index is -3.68. The zero-order valence-electron chi connectivity index (χ0n) is 19.8. The summed E-state index contributed by atoms with van der Waals surface area (Å²) in [5.41, 5.74) is 1.70. The number of carbonyl (C=O) groups is 1. The maximum atomic E-state index is 13.2. The lowest BCUT2D eigenvalue weighted by Crippen LogP contribution is -2.33. The SMILES string of the molecule is CCCN(CCC)S(=O)(=O)c1c(C)nn(CC(=O)NCc2ccc(OC)c(OC)c2)c1C. The van der Waals surface area contributed by atoms with Crippen LogP contribution in [-0.2, 0) is 27.9 Å². The smallest absolute Gasteiger partial charge is 0.246 e. The van der Waals surface area contributed by atoms with E-state index in [1.807, 2.05) is 19.9 Å². The molecule has 1 heterocycles. The second kappa shape index (κ2) is 11.3. The fourth-order valence-corrected chi connectivity index (χ4v) is 5.57. The summed E-state index contributed by atoms with van der Waals surface area (Å²) in [5, 5.41) is 7.18. The lowest BCUT2D eigenvalue weighted by Gasteiger charge is -2.21. The molecule has 9 nitrogen and oxygen atoms in total. The van der Waals surface area contributed by atoms with Gasteiger partial charge < -0.3 is 14.8 Å². The van der Waals surface area contributed by atoms with E-state index >= 15 is 0 Å². The second-order valence-electron chi connectivity index (χ2n) is 7.53. The topological polar surface area (TPSA) is 103 Å². The van der Waals surface area contributed by atoms with Crippen LogP contribution in [0.4, 0.5) is 0 Å². The van der Waals surface area contributed by atoms with Crippen LogP contribution in [0.1, 0.15) is 43.6 Å². The highest BCUT2D eigenvalue weighted by atomic mass is 32.2. The quantitative estimate of drug-likeness (QED) is 0.516. The van der Waals surface area contributed by atoms with Gasteiger partial charge in [-0.1, -0.05) is 19.9 Å². The van der Waals surface area contributed by atoms with Crippen LogP contribution < -0.4 is 14.8 Å². The van der Waals surface area contributed by atoms with E-state index in [1.54, 1.807) is 40.2 Å². The van der Waals surface area contributed by atoms with Crippen LogP contribution in [0.5, 0.6) is 11.5 Å². The van der Waals surface area contributed by atoms with Gasteiger partial charge in [-0.15, -0.1) is 0 Å². The third-order valence-corrected chi connectivity index (χ3v) is 7.24. The Balaban J connectivity index is 2.15. The summed E-state index contributed by atoms with van der Waals surface area (Å²) >= 11 is 0. The van der Waals surface area contributed by atoms with Gasteiger partial charge in [-0.25, -0.2) is 8.42 Å². The summed E-state index contributed by atoms with van der Waals surface area (Å²) < 4.78 is 39.9. The van der Waals surface area contributed by atoms with Gasteiger partial charge in [-0.05, 0) is 44.4 Å². The van der Waals surface area contributed by atoms with Crippen molar-refractivity contribution in [2.45, 2.75) is 58.5 Å². The zero-order valence-corrected chi connectivity index (χ0v) is 20.6.